The van der Waals surface area contributed by atoms with E-state index in [-0.39, 0.29) is 40.9 Å². The van der Waals surface area contributed by atoms with Crippen LogP contribution in [-0.2, 0) is 0 Å². The molecule has 10 heteroatoms. The number of aromatic carboxylic acids is 1. The van der Waals surface area contributed by atoms with Crippen molar-refractivity contribution in [3.8, 4) is 0 Å². The van der Waals surface area contributed by atoms with Gasteiger partial charge in [-0.1, -0.05) is 0 Å². The highest BCUT2D eigenvalue weighted by atomic mass is 32.2. The zero-order valence-electron chi connectivity index (χ0n) is 10.7. The number of nitrogens with zero attached hydrogens (tertiary/aromatic N) is 1. The summed E-state index contributed by atoms with van der Waals surface area (Å²) in [6.45, 7) is 1.29. The minimum absolute atomic E-state index is 0.106. The largest absolute Gasteiger partial charge is 0.478 e. The molecule has 0 amide bonds. The van der Waals surface area contributed by atoms with Crippen molar-refractivity contribution in [2.24, 2.45) is 0 Å². The van der Waals surface area contributed by atoms with Gasteiger partial charge in [-0.25, -0.2) is 4.79 Å². The zero-order chi connectivity index (χ0) is 16.2. The molecular weight excluding hydrogens is 313 g/mol. The fourth-order valence-electron chi connectivity index (χ4n) is 1.55. The van der Waals surface area contributed by atoms with E-state index in [4.69, 9.17) is 5.11 Å². The molecule has 0 saturated carbocycles. The van der Waals surface area contributed by atoms with Gasteiger partial charge in [0.15, 0.2) is 0 Å². The summed E-state index contributed by atoms with van der Waals surface area (Å²) in [6, 6.07) is 2.07. The van der Waals surface area contributed by atoms with Crippen LogP contribution in [0.15, 0.2) is 12.1 Å². The predicted molar refractivity (Wildman–Crippen MR) is 71.8 cm³/mol. The van der Waals surface area contributed by atoms with Crippen molar-refractivity contribution >= 4 is 29.1 Å². The Hall–Kier alpha value is -1.97. The first-order valence-corrected chi connectivity index (χ1v) is 6.57. The molecule has 1 rings (SSSR count). The van der Waals surface area contributed by atoms with Crippen LogP contribution in [0.2, 0.25) is 0 Å². The Kier molecular flexibility index (Phi) is 5.41. The van der Waals surface area contributed by atoms with Gasteiger partial charge in [-0.05, 0) is 24.8 Å². The van der Waals surface area contributed by atoms with Crippen molar-refractivity contribution in [2.45, 2.75) is 12.4 Å². The van der Waals surface area contributed by atoms with Gasteiger partial charge < -0.3 is 10.4 Å². The topological polar surface area (TPSA) is 92.5 Å². The Bertz CT molecular complexity index is 563. The van der Waals surface area contributed by atoms with E-state index in [9.17, 15) is 28.1 Å². The van der Waals surface area contributed by atoms with Gasteiger partial charge in [0.05, 0.1) is 10.5 Å². The number of alkyl halides is 3. The van der Waals surface area contributed by atoms with Crippen LogP contribution in [0.25, 0.3) is 0 Å². The van der Waals surface area contributed by atoms with Gasteiger partial charge in [0.2, 0.25) is 0 Å². The second kappa shape index (κ2) is 6.66. The third-order valence-corrected chi connectivity index (χ3v) is 3.24. The lowest BCUT2D eigenvalue weighted by molar-refractivity contribution is -0.385. The molecule has 0 spiro atoms. The second-order valence-corrected chi connectivity index (χ2v) is 5.11. The standard InChI is InChI=1S/C11H11F3N2O4S/c1-6-8(15-2-3-21-11(12,13)14)4-7(10(17)18)5-9(6)16(19)20/h4-5,15H,2-3H2,1H3,(H,17,18). The molecule has 0 heterocycles. The van der Waals surface area contributed by atoms with Gasteiger partial charge in [0.1, 0.15) is 0 Å². The number of nitro groups is 1. The van der Waals surface area contributed by atoms with Crippen molar-refractivity contribution in [1.29, 1.82) is 0 Å². The maximum Gasteiger partial charge on any atom is 0.441 e. The molecule has 0 saturated heterocycles. The van der Waals surface area contributed by atoms with Crippen LogP contribution >= 0.6 is 11.8 Å². The van der Waals surface area contributed by atoms with Gasteiger partial charge in [-0.2, -0.15) is 13.2 Å². The Balaban J connectivity index is 2.90. The van der Waals surface area contributed by atoms with Crippen LogP contribution in [0, 0.1) is 17.0 Å². The molecule has 0 radical (unpaired) electrons. The van der Waals surface area contributed by atoms with Crippen LogP contribution in [0.5, 0.6) is 0 Å². The van der Waals surface area contributed by atoms with Crippen LogP contribution in [0.4, 0.5) is 24.5 Å². The first-order valence-electron chi connectivity index (χ1n) is 5.58. The summed E-state index contributed by atoms with van der Waals surface area (Å²) >= 11 is -0.233. The minimum atomic E-state index is -4.36. The highest BCUT2D eigenvalue weighted by Gasteiger charge is 2.27. The number of thioether (sulfide) groups is 1. The summed E-state index contributed by atoms with van der Waals surface area (Å²) in [5.74, 6) is -1.65. The highest BCUT2D eigenvalue weighted by molar-refractivity contribution is 8.00. The Morgan fingerprint density at radius 3 is 2.57 bits per heavy atom. The molecule has 1 aromatic rings. The van der Waals surface area contributed by atoms with Crippen LogP contribution in [0.1, 0.15) is 15.9 Å². The minimum Gasteiger partial charge on any atom is -0.478 e. The van der Waals surface area contributed by atoms with Gasteiger partial charge in [-0.15, -0.1) is 0 Å². The van der Waals surface area contributed by atoms with E-state index in [1.54, 1.807) is 0 Å². The van der Waals surface area contributed by atoms with Gasteiger partial charge >= 0.3 is 11.5 Å². The molecule has 1 aromatic carbocycles. The zero-order valence-corrected chi connectivity index (χ0v) is 11.5. The van der Waals surface area contributed by atoms with E-state index in [1.165, 1.54) is 6.92 Å². The number of carboxylic acid groups (broad SMARTS) is 1. The average Bonchev–Trinajstić information content (AvgIpc) is 2.34. The molecule has 0 atom stereocenters. The lowest BCUT2D eigenvalue weighted by atomic mass is 10.1. The molecule has 0 unspecified atom stereocenters. The summed E-state index contributed by atoms with van der Waals surface area (Å²) < 4.78 is 35.9. The van der Waals surface area contributed by atoms with Gasteiger partial charge in [0.25, 0.3) is 5.69 Å². The quantitative estimate of drug-likeness (QED) is 0.474. The van der Waals surface area contributed by atoms with E-state index >= 15 is 0 Å². The third-order valence-electron chi connectivity index (χ3n) is 2.51. The van der Waals surface area contributed by atoms with Crippen molar-refractivity contribution in [2.75, 3.05) is 17.6 Å². The number of rotatable bonds is 6. The number of nitro benzene ring substituents is 1. The smallest absolute Gasteiger partial charge is 0.441 e. The summed E-state index contributed by atoms with van der Waals surface area (Å²) in [7, 11) is 0. The fraction of sp³-hybridized carbons (Fsp3) is 0.364. The van der Waals surface area contributed by atoms with E-state index in [0.29, 0.717) is 0 Å². The maximum absolute atomic E-state index is 12.0. The predicted octanol–water partition coefficient (Wildman–Crippen LogP) is 3.27. The number of carboxylic acids is 1. The molecule has 2 N–H and O–H groups in total. The van der Waals surface area contributed by atoms with E-state index in [1.807, 2.05) is 0 Å². The first-order chi connectivity index (χ1) is 9.61. The second-order valence-electron chi connectivity index (χ2n) is 3.95. The molecule has 0 aliphatic heterocycles. The Morgan fingerprint density at radius 2 is 2.10 bits per heavy atom. The van der Waals surface area contributed by atoms with Crippen molar-refractivity contribution in [1.82, 2.24) is 0 Å². The number of carbonyl (C=O) groups is 1. The van der Waals surface area contributed by atoms with E-state index in [0.717, 1.165) is 12.1 Å². The fourth-order valence-corrected chi connectivity index (χ4v) is 1.98. The number of hydrogen-bond donors (Lipinski definition) is 2. The number of nitrogens with one attached hydrogen (secondary N) is 1. The SMILES string of the molecule is Cc1c(NCCSC(F)(F)F)cc(C(=O)O)cc1[N+](=O)[O-]. The first kappa shape index (κ1) is 17.1. The molecule has 0 aliphatic carbocycles. The molecule has 116 valence electrons. The molecule has 21 heavy (non-hydrogen) atoms. The van der Waals surface area contributed by atoms with Crippen LogP contribution < -0.4 is 5.32 Å². The summed E-state index contributed by atoms with van der Waals surface area (Å²) in [4.78, 5) is 21.0. The molecule has 0 aromatic heterocycles. The third kappa shape index (κ3) is 5.14. The van der Waals surface area contributed by atoms with Gasteiger partial charge in [0, 0.05) is 29.6 Å². The highest BCUT2D eigenvalue weighted by Crippen LogP contribution is 2.31. The molecular formula is C11H11F3N2O4S. The van der Waals surface area contributed by atoms with Crippen LogP contribution in [0.3, 0.4) is 0 Å². The number of halogens is 3. The van der Waals surface area contributed by atoms with E-state index < -0.39 is 22.1 Å². The van der Waals surface area contributed by atoms with E-state index in [2.05, 4.69) is 5.32 Å². The summed E-state index contributed by atoms with van der Waals surface area (Å²) in [5.41, 5.74) is -4.77. The molecule has 6 nitrogen and oxygen atoms in total. The molecule has 0 bridgehead atoms. The Morgan fingerprint density at radius 1 is 1.48 bits per heavy atom. The lowest BCUT2D eigenvalue weighted by Crippen LogP contribution is -2.11. The summed E-state index contributed by atoms with van der Waals surface area (Å²) in [6.07, 6.45) is 0. The monoisotopic (exact) mass is 324 g/mol. The van der Waals surface area contributed by atoms with Crippen LogP contribution in [-0.4, -0.2) is 33.8 Å². The normalized spacial score (nSPS) is 11.2. The average molecular weight is 324 g/mol. The molecule has 0 fully saturated rings. The number of hydrogen-bond acceptors (Lipinski definition) is 5. The van der Waals surface area contributed by atoms with Gasteiger partial charge in [-0.3, -0.25) is 10.1 Å². The molecule has 0 aliphatic rings. The van der Waals surface area contributed by atoms with Crippen molar-refractivity contribution < 1.29 is 28.0 Å². The maximum atomic E-state index is 12.0. The number of benzene rings is 1. The van der Waals surface area contributed by atoms with Crippen molar-refractivity contribution in [3.05, 3.63) is 33.4 Å². The number of anilines is 1. The van der Waals surface area contributed by atoms with Crippen molar-refractivity contribution in [3.63, 3.8) is 0 Å². The summed E-state index contributed by atoms with van der Waals surface area (Å²) in [5, 5.41) is 22.3. The Labute approximate surface area is 121 Å². The lowest BCUT2D eigenvalue weighted by Gasteiger charge is -2.11.